The van der Waals surface area contributed by atoms with Crippen LogP contribution in [0.5, 0.6) is 0 Å². The Morgan fingerprint density at radius 1 is 1.22 bits per heavy atom. The summed E-state index contributed by atoms with van der Waals surface area (Å²) in [6.45, 7) is 8.97. The lowest BCUT2D eigenvalue weighted by Crippen LogP contribution is -2.46. The number of carbonyl (C=O) groups excluding carboxylic acids is 2. The van der Waals surface area contributed by atoms with Gasteiger partial charge >= 0.3 is 6.09 Å². The average molecular weight is 319 g/mol. The molecule has 1 aliphatic heterocycles. The molecule has 1 fully saturated rings. The number of benzene rings is 1. The van der Waals surface area contributed by atoms with Gasteiger partial charge in [-0.2, -0.15) is 0 Å². The van der Waals surface area contributed by atoms with Crippen molar-refractivity contribution in [3.05, 3.63) is 35.9 Å². The number of carbonyl (C=O) groups is 2. The second-order valence-corrected chi connectivity index (χ2v) is 5.94. The van der Waals surface area contributed by atoms with Gasteiger partial charge in [-0.1, -0.05) is 44.2 Å². The van der Waals surface area contributed by atoms with Crippen molar-refractivity contribution < 1.29 is 14.3 Å². The summed E-state index contributed by atoms with van der Waals surface area (Å²) >= 11 is 0. The molecule has 0 aromatic heterocycles. The summed E-state index contributed by atoms with van der Waals surface area (Å²) in [6, 6.07) is 10.1. The summed E-state index contributed by atoms with van der Waals surface area (Å²) in [5.74, 6) is 0. The minimum atomic E-state index is -0.252. The Balaban J connectivity index is 0.00000127. The summed E-state index contributed by atoms with van der Waals surface area (Å²) in [5, 5.41) is 0. The summed E-state index contributed by atoms with van der Waals surface area (Å²) < 4.78 is 5.24. The fourth-order valence-electron chi connectivity index (χ4n) is 2.96. The highest BCUT2D eigenvalue weighted by atomic mass is 16.6. The number of rotatable bonds is 4. The molecule has 0 spiro atoms. The van der Waals surface area contributed by atoms with Crippen LogP contribution in [0.4, 0.5) is 4.79 Å². The number of ether oxygens (including phenoxy) is 1. The number of hydrogen-bond acceptors (Lipinski definition) is 3. The zero-order valence-electron chi connectivity index (χ0n) is 14.7. The molecule has 1 saturated heterocycles. The van der Waals surface area contributed by atoms with E-state index in [-0.39, 0.29) is 17.6 Å². The predicted molar refractivity (Wildman–Crippen MR) is 92.6 cm³/mol. The molecule has 0 saturated carbocycles. The van der Waals surface area contributed by atoms with Gasteiger partial charge in [0.15, 0.2) is 0 Å². The molecule has 1 aromatic carbocycles. The zero-order chi connectivity index (χ0) is 17.3. The molecule has 0 unspecified atom stereocenters. The standard InChI is InChI=1S/C17H23NO3.C2H6/c1-14(2)21-16(20)18-11-8-17(9-12-18,10-13-19)15-6-4-3-5-7-15;1-2/h3-7,13-14H,8-12H2,1-2H3;1-2H3. The van der Waals surface area contributed by atoms with E-state index in [2.05, 4.69) is 12.1 Å². The highest BCUT2D eigenvalue weighted by Gasteiger charge is 2.37. The number of hydrogen-bond donors (Lipinski definition) is 0. The molecule has 4 nitrogen and oxygen atoms in total. The lowest BCUT2D eigenvalue weighted by Gasteiger charge is -2.41. The Morgan fingerprint density at radius 2 is 1.78 bits per heavy atom. The topological polar surface area (TPSA) is 46.6 Å². The van der Waals surface area contributed by atoms with Crippen molar-refractivity contribution in [2.75, 3.05) is 13.1 Å². The Bertz CT molecular complexity index is 477. The van der Waals surface area contributed by atoms with Gasteiger partial charge in [-0.25, -0.2) is 4.79 Å². The minimum absolute atomic E-state index is 0.103. The van der Waals surface area contributed by atoms with Crippen LogP contribution in [-0.4, -0.2) is 36.5 Å². The average Bonchev–Trinajstić information content (AvgIpc) is 2.58. The molecule has 1 aromatic rings. The number of amides is 1. The summed E-state index contributed by atoms with van der Waals surface area (Å²) in [7, 11) is 0. The largest absolute Gasteiger partial charge is 0.447 e. The predicted octanol–water partition coefficient (Wildman–Crippen LogP) is 4.18. The van der Waals surface area contributed by atoms with Crippen molar-refractivity contribution >= 4 is 12.4 Å². The third-order valence-electron chi connectivity index (χ3n) is 4.18. The summed E-state index contributed by atoms with van der Waals surface area (Å²) in [6.07, 6.45) is 2.73. The van der Waals surface area contributed by atoms with Crippen LogP contribution < -0.4 is 0 Å². The highest BCUT2D eigenvalue weighted by Crippen LogP contribution is 2.38. The van der Waals surface area contributed by atoms with Crippen LogP contribution in [0.25, 0.3) is 0 Å². The van der Waals surface area contributed by atoms with Gasteiger partial charge in [0, 0.05) is 24.9 Å². The van der Waals surface area contributed by atoms with Crippen LogP contribution in [0.15, 0.2) is 30.3 Å². The molecule has 128 valence electrons. The first-order chi connectivity index (χ1) is 11.1. The van der Waals surface area contributed by atoms with E-state index in [1.165, 1.54) is 5.56 Å². The van der Waals surface area contributed by atoms with E-state index in [4.69, 9.17) is 4.74 Å². The Hall–Kier alpha value is -1.84. The van der Waals surface area contributed by atoms with Crippen LogP contribution in [0.3, 0.4) is 0 Å². The molecule has 2 rings (SSSR count). The van der Waals surface area contributed by atoms with Gasteiger partial charge in [-0.05, 0) is 32.3 Å². The van der Waals surface area contributed by atoms with E-state index in [9.17, 15) is 9.59 Å². The van der Waals surface area contributed by atoms with Gasteiger partial charge in [0.1, 0.15) is 6.29 Å². The maximum absolute atomic E-state index is 11.9. The second kappa shape index (κ2) is 9.33. The van der Waals surface area contributed by atoms with E-state index in [0.29, 0.717) is 19.5 Å². The van der Waals surface area contributed by atoms with E-state index in [1.54, 1.807) is 4.90 Å². The number of piperidine rings is 1. The summed E-state index contributed by atoms with van der Waals surface area (Å²) in [5.41, 5.74) is 1.05. The van der Waals surface area contributed by atoms with Gasteiger partial charge in [-0.15, -0.1) is 0 Å². The van der Waals surface area contributed by atoms with Crippen molar-refractivity contribution in [2.45, 2.75) is 58.5 Å². The first kappa shape index (κ1) is 19.2. The molecule has 0 aliphatic carbocycles. The second-order valence-electron chi connectivity index (χ2n) is 5.94. The van der Waals surface area contributed by atoms with Crippen molar-refractivity contribution in [3.8, 4) is 0 Å². The number of aldehydes is 1. The molecule has 0 N–H and O–H groups in total. The Labute approximate surface area is 139 Å². The maximum Gasteiger partial charge on any atom is 0.410 e. The molecule has 4 heteroatoms. The van der Waals surface area contributed by atoms with Crippen LogP contribution in [0, 0.1) is 0 Å². The van der Waals surface area contributed by atoms with E-state index >= 15 is 0 Å². The number of likely N-dealkylation sites (tertiary alicyclic amines) is 1. The number of nitrogens with zero attached hydrogens (tertiary/aromatic N) is 1. The molecule has 1 heterocycles. The van der Waals surface area contributed by atoms with E-state index in [0.717, 1.165) is 19.1 Å². The Kier molecular flexibility index (Phi) is 7.79. The maximum atomic E-state index is 11.9. The molecule has 1 amide bonds. The molecular formula is C19H29NO3. The van der Waals surface area contributed by atoms with Gasteiger partial charge in [0.25, 0.3) is 0 Å². The van der Waals surface area contributed by atoms with Gasteiger partial charge < -0.3 is 14.4 Å². The van der Waals surface area contributed by atoms with Crippen LogP contribution in [0.2, 0.25) is 0 Å². The minimum Gasteiger partial charge on any atom is -0.447 e. The quantitative estimate of drug-likeness (QED) is 0.782. The first-order valence-electron chi connectivity index (χ1n) is 8.52. The lowest BCUT2D eigenvalue weighted by atomic mass is 9.71. The molecular weight excluding hydrogens is 290 g/mol. The smallest absolute Gasteiger partial charge is 0.410 e. The van der Waals surface area contributed by atoms with Crippen LogP contribution in [-0.2, 0) is 14.9 Å². The molecule has 0 atom stereocenters. The highest BCUT2D eigenvalue weighted by molar-refractivity contribution is 5.68. The van der Waals surface area contributed by atoms with E-state index < -0.39 is 0 Å². The fourth-order valence-corrected chi connectivity index (χ4v) is 2.96. The fraction of sp³-hybridized carbons (Fsp3) is 0.579. The van der Waals surface area contributed by atoms with Crippen molar-refractivity contribution in [2.24, 2.45) is 0 Å². The molecule has 1 aliphatic rings. The first-order valence-corrected chi connectivity index (χ1v) is 8.52. The Morgan fingerprint density at radius 3 is 2.26 bits per heavy atom. The van der Waals surface area contributed by atoms with Crippen molar-refractivity contribution in [1.29, 1.82) is 0 Å². The van der Waals surface area contributed by atoms with E-state index in [1.807, 2.05) is 45.9 Å². The molecule has 0 radical (unpaired) electrons. The van der Waals surface area contributed by atoms with Crippen LogP contribution in [0.1, 0.15) is 52.5 Å². The van der Waals surface area contributed by atoms with Gasteiger partial charge in [0.2, 0.25) is 0 Å². The monoisotopic (exact) mass is 319 g/mol. The van der Waals surface area contributed by atoms with Crippen molar-refractivity contribution in [1.82, 2.24) is 4.90 Å². The van der Waals surface area contributed by atoms with Crippen LogP contribution >= 0.6 is 0 Å². The summed E-state index contributed by atoms with van der Waals surface area (Å²) in [4.78, 5) is 24.8. The molecule has 0 bridgehead atoms. The third kappa shape index (κ3) is 5.08. The lowest BCUT2D eigenvalue weighted by molar-refractivity contribution is -0.109. The van der Waals surface area contributed by atoms with Gasteiger partial charge in [-0.3, -0.25) is 0 Å². The normalized spacial score (nSPS) is 16.3. The van der Waals surface area contributed by atoms with Crippen molar-refractivity contribution in [3.63, 3.8) is 0 Å². The van der Waals surface area contributed by atoms with Gasteiger partial charge in [0.05, 0.1) is 6.10 Å². The molecule has 23 heavy (non-hydrogen) atoms. The third-order valence-corrected chi connectivity index (χ3v) is 4.18. The SMILES string of the molecule is CC.CC(C)OC(=O)N1CCC(CC=O)(c2ccccc2)CC1. The zero-order valence-corrected chi connectivity index (χ0v) is 14.7.